The highest BCUT2D eigenvalue weighted by atomic mass is 16.6. The average molecular weight is 589 g/mol. The maximum absolute atomic E-state index is 12.2. The molecule has 2 heterocycles. The first kappa shape index (κ1) is 31.6. The molecule has 1 aliphatic carbocycles. The lowest BCUT2D eigenvalue weighted by Gasteiger charge is -2.31. The predicted molar refractivity (Wildman–Crippen MR) is 174 cm³/mol. The van der Waals surface area contributed by atoms with Gasteiger partial charge in [0.15, 0.2) is 0 Å². The summed E-state index contributed by atoms with van der Waals surface area (Å²) in [5.74, 6) is 0.925. The number of fused-ring (bicyclic) bond motifs is 1. The normalized spacial score (nSPS) is 20.7. The second kappa shape index (κ2) is 14.3. The van der Waals surface area contributed by atoms with E-state index in [-0.39, 0.29) is 18.1 Å². The molecule has 43 heavy (non-hydrogen) atoms. The van der Waals surface area contributed by atoms with Crippen molar-refractivity contribution in [3.05, 3.63) is 70.9 Å². The van der Waals surface area contributed by atoms with Gasteiger partial charge in [0.25, 0.3) is 0 Å². The van der Waals surface area contributed by atoms with E-state index in [9.17, 15) is 4.79 Å². The van der Waals surface area contributed by atoms with Crippen molar-refractivity contribution in [2.24, 2.45) is 11.7 Å². The van der Waals surface area contributed by atoms with E-state index < -0.39 is 5.60 Å². The van der Waals surface area contributed by atoms with Gasteiger partial charge in [-0.2, -0.15) is 0 Å². The number of nitrogens with one attached hydrogen (secondary N) is 2. The van der Waals surface area contributed by atoms with Crippen LogP contribution >= 0.6 is 0 Å². The zero-order valence-corrected chi connectivity index (χ0v) is 26.7. The van der Waals surface area contributed by atoms with E-state index in [1.54, 1.807) is 0 Å². The maximum atomic E-state index is 12.2. The van der Waals surface area contributed by atoms with Gasteiger partial charge in [-0.25, -0.2) is 4.79 Å². The molecule has 0 radical (unpaired) electrons. The summed E-state index contributed by atoms with van der Waals surface area (Å²) in [5, 5.41) is 8.27. The van der Waals surface area contributed by atoms with E-state index in [0.717, 1.165) is 71.2 Å². The van der Waals surface area contributed by atoms with E-state index in [1.165, 1.54) is 33.2 Å². The van der Waals surface area contributed by atoms with Crippen molar-refractivity contribution in [2.45, 2.75) is 109 Å². The average Bonchev–Trinajstić information content (AvgIpc) is 3.32. The van der Waals surface area contributed by atoms with Crippen molar-refractivity contribution in [2.75, 3.05) is 19.8 Å². The molecule has 5 rings (SSSR count). The molecule has 1 aromatic heterocycles. The van der Waals surface area contributed by atoms with Gasteiger partial charge in [0, 0.05) is 61.4 Å². The number of hydrogen-bond donors (Lipinski definition) is 3. The van der Waals surface area contributed by atoms with Crippen LogP contribution in [-0.4, -0.2) is 48.1 Å². The van der Waals surface area contributed by atoms with Crippen molar-refractivity contribution in [1.29, 1.82) is 0 Å². The van der Waals surface area contributed by atoms with Crippen LogP contribution in [0, 0.1) is 12.8 Å². The number of aromatic nitrogens is 1. The first-order valence-corrected chi connectivity index (χ1v) is 16.4. The number of benzene rings is 2. The summed E-state index contributed by atoms with van der Waals surface area (Å²) in [6, 6.07) is 16.5. The molecule has 2 aliphatic rings. The highest BCUT2D eigenvalue weighted by Crippen LogP contribution is 2.36. The van der Waals surface area contributed by atoms with Gasteiger partial charge < -0.3 is 30.4 Å². The van der Waals surface area contributed by atoms with Gasteiger partial charge in [0.1, 0.15) is 5.60 Å². The van der Waals surface area contributed by atoms with Gasteiger partial charge in [-0.05, 0) is 114 Å². The molecule has 7 nitrogen and oxygen atoms in total. The summed E-state index contributed by atoms with van der Waals surface area (Å²) in [5.41, 5.74) is 12.2. The zero-order valence-electron chi connectivity index (χ0n) is 26.7. The topological polar surface area (TPSA) is 90.5 Å². The minimum atomic E-state index is -0.473. The molecule has 0 bridgehead atoms. The van der Waals surface area contributed by atoms with Crippen LogP contribution in [0.3, 0.4) is 0 Å². The molecule has 2 aromatic carbocycles. The molecule has 1 aliphatic heterocycles. The molecule has 234 valence electrons. The van der Waals surface area contributed by atoms with Gasteiger partial charge in [-0.15, -0.1) is 0 Å². The Balaban J connectivity index is 1.30. The number of hydrogen-bond acceptors (Lipinski definition) is 5. The van der Waals surface area contributed by atoms with E-state index >= 15 is 0 Å². The lowest BCUT2D eigenvalue weighted by atomic mass is 9.86. The van der Waals surface area contributed by atoms with Crippen molar-refractivity contribution in [1.82, 2.24) is 15.2 Å². The third-order valence-electron chi connectivity index (χ3n) is 9.14. The van der Waals surface area contributed by atoms with Crippen LogP contribution in [0.15, 0.2) is 48.7 Å². The SMILES string of the molecule is Cc1cccc(C(CCNC2CCC(NC(=O)OC(C)(C)C)CC2)c2cn(CC3CCOCC3)c3ccc(CN)cc23)c1. The molecule has 1 saturated heterocycles. The second-order valence-electron chi connectivity index (χ2n) is 13.8. The Labute approximate surface area is 257 Å². The van der Waals surface area contributed by atoms with Gasteiger partial charge in [0.05, 0.1) is 0 Å². The summed E-state index contributed by atoms with van der Waals surface area (Å²) in [4.78, 5) is 12.2. The highest BCUT2D eigenvalue weighted by Gasteiger charge is 2.26. The number of aryl methyl sites for hydroxylation is 1. The second-order valence-corrected chi connectivity index (χ2v) is 13.8. The van der Waals surface area contributed by atoms with Crippen LogP contribution in [-0.2, 0) is 22.6 Å². The molecule has 3 aromatic rings. The summed E-state index contributed by atoms with van der Waals surface area (Å²) >= 11 is 0. The summed E-state index contributed by atoms with van der Waals surface area (Å²) in [6.45, 7) is 12.1. The van der Waals surface area contributed by atoms with Crippen molar-refractivity contribution >= 4 is 17.0 Å². The lowest BCUT2D eigenvalue weighted by molar-refractivity contribution is 0.0489. The van der Waals surface area contributed by atoms with Crippen LogP contribution in [0.25, 0.3) is 10.9 Å². The highest BCUT2D eigenvalue weighted by molar-refractivity contribution is 5.86. The van der Waals surface area contributed by atoms with Gasteiger partial charge in [-0.1, -0.05) is 35.9 Å². The van der Waals surface area contributed by atoms with Crippen LogP contribution in [0.5, 0.6) is 0 Å². The summed E-state index contributed by atoms with van der Waals surface area (Å²) in [7, 11) is 0. The van der Waals surface area contributed by atoms with Gasteiger partial charge in [0.2, 0.25) is 0 Å². The zero-order chi connectivity index (χ0) is 30.4. The number of nitrogens with two attached hydrogens (primary N) is 1. The molecule has 1 atom stereocenters. The largest absolute Gasteiger partial charge is 0.444 e. The number of alkyl carbamates (subject to hydrolysis) is 1. The van der Waals surface area contributed by atoms with Crippen molar-refractivity contribution in [3.8, 4) is 0 Å². The maximum Gasteiger partial charge on any atom is 0.407 e. The Morgan fingerprint density at radius 1 is 1.05 bits per heavy atom. The minimum Gasteiger partial charge on any atom is -0.444 e. The van der Waals surface area contributed by atoms with Gasteiger partial charge in [-0.3, -0.25) is 0 Å². The van der Waals surface area contributed by atoms with Crippen molar-refractivity contribution in [3.63, 3.8) is 0 Å². The first-order valence-electron chi connectivity index (χ1n) is 16.4. The molecular weight excluding hydrogens is 536 g/mol. The smallest absolute Gasteiger partial charge is 0.407 e. The number of carbonyl (C=O) groups is 1. The van der Waals surface area contributed by atoms with Crippen LogP contribution in [0.2, 0.25) is 0 Å². The first-order chi connectivity index (χ1) is 20.7. The number of nitrogens with zero attached hydrogens (tertiary/aromatic N) is 1. The quantitative estimate of drug-likeness (QED) is 0.243. The monoisotopic (exact) mass is 588 g/mol. The number of rotatable bonds is 10. The molecular formula is C36H52N4O3. The molecule has 2 fully saturated rings. The Hall–Kier alpha value is -2.87. The van der Waals surface area contributed by atoms with E-state index in [0.29, 0.717) is 18.5 Å². The van der Waals surface area contributed by atoms with E-state index in [2.05, 4.69) is 70.8 Å². The summed E-state index contributed by atoms with van der Waals surface area (Å²) < 4.78 is 13.6. The van der Waals surface area contributed by atoms with Crippen LogP contribution < -0.4 is 16.4 Å². The third kappa shape index (κ3) is 8.62. The van der Waals surface area contributed by atoms with Crippen molar-refractivity contribution < 1.29 is 14.3 Å². The van der Waals surface area contributed by atoms with Crippen LogP contribution in [0.1, 0.15) is 93.9 Å². The van der Waals surface area contributed by atoms with E-state index in [1.807, 2.05) is 20.8 Å². The standard InChI is InChI=1S/C36H52N4O3/c1-25-6-5-7-28(20-25)31(14-17-38-29-9-11-30(12-10-29)39-35(41)43-36(2,3)4)33-24-40(23-26-15-18-42-19-16-26)34-13-8-27(22-37)21-32(33)34/h5-8,13,20-21,24,26,29-31,38H,9-12,14-19,22-23,37H2,1-4H3,(H,39,41). The molecule has 0 spiro atoms. The molecule has 1 unspecified atom stereocenters. The molecule has 7 heteroatoms. The fourth-order valence-corrected chi connectivity index (χ4v) is 6.87. The Morgan fingerprint density at radius 3 is 2.49 bits per heavy atom. The predicted octanol–water partition coefficient (Wildman–Crippen LogP) is 6.78. The van der Waals surface area contributed by atoms with E-state index in [4.69, 9.17) is 15.2 Å². The fourth-order valence-electron chi connectivity index (χ4n) is 6.87. The molecule has 1 saturated carbocycles. The summed E-state index contributed by atoms with van der Waals surface area (Å²) in [6.07, 6.45) is 9.44. The Bertz CT molecular complexity index is 1350. The fraction of sp³-hybridized carbons (Fsp3) is 0.583. The lowest BCUT2D eigenvalue weighted by Crippen LogP contribution is -2.44. The number of amides is 1. The minimum absolute atomic E-state index is 0.187. The number of ether oxygens (including phenoxy) is 2. The molecule has 4 N–H and O–H groups in total. The third-order valence-corrected chi connectivity index (χ3v) is 9.14. The van der Waals surface area contributed by atoms with Crippen LogP contribution in [0.4, 0.5) is 4.79 Å². The number of carbonyl (C=O) groups excluding carboxylic acids is 1. The van der Waals surface area contributed by atoms with Gasteiger partial charge >= 0.3 is 6.09 Å². The Kier molecular flexibility index (Phi) is 10.5. The Morgan fingerprint density at radius 2 is 1.79 bits per heavy atom. The molecule has 1 amide bonds.